The Labute approximate surface area is 106 Å². The molecule has 0 fully saturated rings. The molecule has 0 heterocycles. The van der Waals surface area contributed by atoms with E-state index in [1.165, 1.54) is 6.92 Å². The van der Waals surface area contributed by atoms with Crippen LogP contribution >= 0.6 is 0 Å². The predicted molar refractivity (Wildman–Crippen MR) is 63.1 cm³/mol. The van der Waals surface area contributed by atoms with E-state index in [2.05, 4.69) is 23.9 Å². The second-order valence-corrected chi connectivity index (χ2v) is 4.95. The molecular formula is C12H22F3NO2. The average molecular weight is 269 g/mol. The van der Waals surface area contributed by atoms with Gasteiger partial charge in [0.1, 0.15) is 12.7 Å². The summed E-state index contributed by atoms with van der Waals surface area (Å²) in [5, 5.41) is 2.64. The molecule has 0 rings (SSSR count). The maximum atomic E-state index is 11.9. The molecule has 0 aliphatic heterocycles. The summed E-state index contributed by atoms with van der Waals surface area (Å²) < 4.78 is 40.1. The highest BCUT2D eigenvalue weighted by molar-refractivity contribution is 5.80. The largest absolute Gasteiger partial charge is 0.411 e. The van der Waals surface area contributed by atoms with Crippen molar-refractivity contribution in [1.82, 2.24) is 5.32 Å². The lowest BCUT2D eigenvalue weighted by Gasteiger charge is -2.19. The Bertz CT molecular complexity index is 254. The summed E-state index contributed by atoms with van der Waals surface area (Å²) in [5.74, 6) is 0.0266. The molecule has 18 heavy (non-hydrogen) atoms. The number of hydrogen-bond donors (Lipinski definition) is 1. The monoisotopic (exact) mass is 269 g/mol. The zero-order valence-electron chi connectivity index (χ0n) is 11.3. The number of alkyl halides is 3. The van der Waals surface area contributed by atoms with E-state index in [1.807, 2.05) is 6.92 Å². The molecule has 0 spiro atoms. The summed E-state index contributed by atoms with van der Waals surface area (Å²) in [7, 11) is 0. The van der Waals surface area contributed by atoms with Crippen LogP contribution in [0.1, 0.15) is 40.5 Å². The van der Waals surface area contributed by atoms with Crippen molar-refractivity contribution in [2.75, 3.05) is 6.61 Å². The van der Waals surface area contributed by atoms with Crippen molar-refractivity contribution in [3.63, 3.8) is 0 Å². The van der Waals surface area contributed by atoms with Crippen LogP contribution in [-0.4, -0.2) is 30.8 Å². The molecule has 1 N–H and O–H groups in total. The molecule has 0 saturated heterocycles. The highest BCUT2D eigenvalue weighted by atomic mass is 19.4. The SMILES string of the molecule is CC(C)CCC(C)NC(=O)C(C)OCC(F)(F)F. The molecule has 6 heteroatoms. The summed E-state index contributed by atoms with van der Waals surface area (Å²) in [6, 6.07) is -0.0585. The molecule has 0 aromatic rings. The fraction of sp³-hybridized carbons (Fsp3) is 0.917. The fourth-order valence-corrected chi connectivity index (χ4v) is 1.31. The number of hydrogen-bond acceptors (Lipinski definition) is 2. The van der Waals surface area contributed by atoms with Gasteiger partial charge in [-0.3, -0.25) is 4.79 Å². The lowest BCUT2D eigenvalue weighted by molar-refractivity contribution is -0.185. The number of nitrogens with one attached hydrogen (secondary N) is 1. The van der Waals surface area contributed by atoms with Crippen LogP contribution in [0.2, 0.25) is 0 Å². The van der Waals surface area contributed by atoms with E-state index in [-0.39, 0.29) is 6.04 Å². The van der Waals surface area contributed by atoms with E-state index in [0.29, 0.717) is 5.92 Å². The molecular weight excluding hydrogens is 247 g/mol. The van der Waals surface area contributed by atoms with Gasteiger partial charge in [-0.25, -0.2) is 0 Å². The highest BCUT2D eigenvalue weighted by Crippen LogP contribution is 2.15. The first kappa shape index (κ1) is 17.2. The minimum absolute atomic E-state index is 0.0585. The Balaban J connectivity index is 3.93. The lowest BCUT2D eigenvalue weighted by Crippen LogP contribution is -2.41. The van der Waals surface area contributed by atoms with Crippen LogP contribution in [0.25, 0.3) is 0 Å². The Morgan fingerprint density at radius 1 is 1.17 bits per heavy atom. The zero-order chi connectivity index (χ0) is 14.3. The third kappa shape index (κ3) is 9.27. The smallest absolute Gasteiger partial charge is 0.359 e. The molecule has 2 unspecified atom stereocenters. The van der Waals surface area contributed by atoms with E-state index in [4.69, 9.17) is 0 Å². The minimum atomic E-state index is -4.40. The van der Waals surface area contributed by atoms with Gasteiger partial charge in [-0.2, -0.15) is 13.2 Å². The molecule has 0 bridgehead atoms. The van der Waals surface area contributed by atoms with Gasteiger partial charge in [-0.05, 0) is 32.6 Å². The Hall–Kier alpha value is -0.780. The summed E-state index contributed by atoms with van der Waals surface area (Å²) in [4.78, 5) is 11.5. The van der Waals surface area contributed by atoms with E-state index >= 15 is 0 Å². The molecule has 1 amide bonds. The van der Waals surface area contributed by atoms with Crippen molar-refractivity contribution in [2.24, 2.45) is 5.92 Å². The molecule has 0 aromatic heterocycles. The van der Waals surface area contributed by atoms with Gasteiger partial charge in [0.25, 0.3) is 0 Å². The maximum absolute atomic E-state index is 11.9. The van der Waals surface area contributed by atoms with E-state index < -0.39 is 24.8 Å². The number of amides is 1. The van der Waals surface area contributed by atoms with E-state index in [1.54, 1.807) is 0 Å². The van der Waals surface area contributed by atoms with E-state index in [9.17, 15) is 18.0 Å². The number of ether oxygens (including phenoxy) is 1. The van der Waals surface area contributed by atoms with Crippen LogP contribution in [-0.2, 0) is 9.53 Å². The molecule has 0 saturated carbocycles. The second-order valence-electron chi connectivity index (χ2n) is 4.95. The topological polar surface area (TPSA) is 38.3 Å². The molecule has 0 aromatic carbocycles. The van der Waals surface area contributed by atoms with Gasteiger partial charge in [0.05, 0.1) is 0 Å². The molecule has 0 radical (unpaired) electrons. The van der Waals surface area contributed by atoms with Crippen molar-refractivity contribution in [2.45, 2.75) is 58.9 Å². The third-order valence-electron chi connectivity index (χ3n) is 2.43. The van der Waals surface area contributed by atoms with Gasteiger partial charge in [0, 0.05) is 6.04 Å². The Morgan fingerprint density at radius 3 is 2.17 bits per heavy atom. The first-order valence-corrected chi connectivity index (χ1v) is 6.10. The number of carbonyl (C=O) groups is 1. The summed E-state index contributed by atoms with van der Waals surface area (Å²) in [6.45, 7) is 5.89. The summed E-state index contributed by atoms with van der Waals surface area (Å²) >= 11 is 0. The first-order chi connectivity index (χ1) is 8.11. The van der Waals surface area contributed by atoms with Gasteiger partial charge in [0.15, 0.2) is 0 Å². The lowest BCUT2D eigenvalue weighted by atomic mass is 10.0. The maximum Gasteiger partial charge on any atom is 0.411 e. The van der Waals surface area contributed by atoms with Crippen molar-refractivity contribution < 1.29 is 22.7 Å². The Morgan fingerprint density at radius 2 is 1.72 bits per heavy atom. The fourth-order valence-electron chi connectivity index (χ4n) is 1.31. The molecule has 108 valence electrons. The van der Waals surface area contributed by atoms with Crippen LogP contribution in [0.3, 0.4) is 0 Å². The first-order valence-electron chi connectivity index (χ1n) is 6.10. The van der Waals surface area contributed by atoms with Crippen molar-refractivity contribution in [3.8, 4) is 0 Å². The molecule has 3 nitrogen and oxygen atoms in total. The van der Waals surface area contributed by atoms with Crippen molar-refractivity contribution in [1.29, 1.82) is 0 Å². The van der Waals surface area contributed by atoms with Crippen LogP contribution in [0, 0.1) is 5.92 Å². The van der Waals surface area contributed by atoms with Gasteiger partial charge in [-0.15, -0.1) is 0 Å². The third-order valence-corrected chi connectivity index (χ3v) is 2.43. The summed E-state index contributed by atoms with van der Waals surface area (Å²) in [5.41, 5.74) is 0. The van der Waals surface area contributed by atoms with E-state index in [0.717, 1.165) is 12.8 Å². The zero-order valence-corrected chi connectivity index (χ0v) is 11.3. The average Bonchev–Trinajstić information content (AvgIpc) is 2.21. The summed E-state index contributed by atoms with van der Waals surface area (Å²) in [6.07, 6.45) is -3.74. The van der Waals surface area contributed by atoms with Gasteiger partial charge < -0.3 is 10.1 Å². The highest BCUT2D eigenvalue weighted by Gasteiger charge is 2.30. The van der Waals surface area contributed by atoms with Gasteiger partial charge in [-0.1, -0.05) is 13.8 Å². The number of carbonyl (C=O) groups excluding carboxylic acids is 1. The number of halogens is 3. The van der Waals surface area contributed by atoms with Gasteiger partial charge in [0.2, 0.25) is 5.91 Å². The minimum Gasteiger partial charge on any atom is -0.359 e. The standard InChI is InChI=1S/C12H22F3NO2/c1-8(2)5-6-9(3)16-11(17)10(4)18-7-12(13,14)15/h8-10H,5-7H2,1-4H3,(H,16,17). The quantitative estimate of drug-likeness (QED) is 0.771. The normalized spacial score (nSPS) is 15.6. The van der Waals surface area contributed by atoms with Crippen molar-refractivity contribution in [3.05, 3.63) is 0 Å². The van der Waals surface area contributed by atoms with Crippen LogP contribution < -0.4 is 5.32 Å². The number of rotatable bonds is 7. The van der Waals surface area contributed by atoms with Crippen LogP contribution in [0.15, 0.2) is 0 Å². The van der Waals surface area contributed by atoms with Gasteiger partial charge >= 0.3 is 6.18 Å². The Kier molecular flexibility index (Phi) is 7.28. The predicted octanol–water partition coefficient (Wildman–Crippen LogP) is 2.89. The molecule has 2 atom stereocenters. The second kappa shape index (κ2) is 7.61. The molecule has 0 aliphatic carbocycles. The van der Waals surface area contributed by atoms with Crippen LogP contribution in [0.5, 0.6) is 0 Å². The van der Waals surface area contributed by atoms with Crippen LogP contribution in [0.4, 0.5) is 13.2 Å². The molecule has 0 aliphatic rings. The van der Waals surface area contributed by atoms with Crippen molar-refractivity contribution >= 4 is 5.91 Å².